The molecule has 0 aliphatic heterocycles. The topological polar surface area (TPSA) is 107 Å². The second kappa shape index (κ2) is 7.13. The molecule has 0 aliphatic rings. The first-order chi connectivity index (χ1) is 10.5. The fraction of sp³-hybridized carbons (Fsp3) is 0.267. The van der Waals surface area contributed by atoms with E-state index in [0.29, 0.717) is 5.16 Å². The van der Waals surface area contributed by atoms with E-state index in [-0.39, 0.29) is 22.8 Å². The van der Waals surface area contributed by atoms with Crippen molar-refractivity contribution in [3.63, 3.8) is 0 Å². The zero-order valence-corrected chi connectivity index (χ0v) is 13.4. The predicted octanol–water partition coefficient (Wildman–Crippen LogP) is 2.32. The fourth-order valence-electron chi connectivity index (χ4n) is 1.79. The molecule has 0 saturated heterocycles. The van der Waals surface area contributed by atoms with E-state index in [9.17, 15) is 4.79 Å². The van der Waals surface area contributed by atoms with Gasteiger partial charge < -0.3 is 16.8 Å². The summed E-state index contributed by atoms with van der Waals surface area (Å²) in [5.74, 6) is 0.453. The van der Waals surface area contributed by atoms with Crippen molar-refractivity contribution in [3.05, 3.63) is 35.9 Å². The number of thioether (sulfide) groups is 1. The Morgan fingerprint density at radius 3 is 2.36 bits per heavy atom. The van der Waals surface area contributed by atoms with Gasteiger partial charge in [0.2, 0.25) is 5.91 Å². The SMILES string of the molecule is CCc1ccc(NC(=O)[C@H](C)Sc2nc(N)cc(N)n2)cc1. The van der Waals surface area contributed by atoms with Crippen LogP contribution in [0.5, 0.6) is 0 Å². The van der Waals surface area contributed by atoms with Crippen molar-refractivity contribution < 1.29 is 4.79 Å². The number of carbonyl (C=O) groups is 1. The molecule has 7 heteroatoms. The smallest absolute Gasteiger partial charge is 0.237 e. The minimum absolute atomic E-state index is 0.126. The molecule has 0 saturated carbocycles. The van der Waals surface area contributed by atoms with Crippen LogP contribution in [0.4, 0.5) is 17.3 Å². The highest BCUT2D eigenvalue weighted by atomic mass is 32.2. The number of rotatable bonds is 5. The molecule has 22 heavy (non-hydrogen) atoms. The van der Waals surface area contributed by atoms with Crippen LogP contribution in [0.2, 0.25) is 0 Å². The summed E-state index contributed by atoms with van der Waals surface area (Å²) in [5, 5.41) is 2.89. The summed E-state index contributed by atoms with van der Waals surface area (Å²) in [4.78, 5) is 20.3. The number of anilines is 3. The number of nitrogen functional groups attached to an aromatic ring is 2. The van der Waals surface area contributed by atoms with Crippen molar-refractivity contribution in [2.75, 3.05) is 16.8 Å². The van der Waals surface area contributed by atoms with E-state index in [0.717, 1.165) is 12.1 Å². The van der Waals surface area contributed by atoms with Crippen LogP contribution < -0.4 is 16.8 Å². The van der Waals surface area contributed by atoms with Gasteiger partial charge in [-0.15, -0.1) is 0 Å². The molecule has 6 nitrogen and oxygen atoms in total. The summed E-state index contributed by atoms with van der Waals surface area (Å²) < 4.78 is 0. The Bertz CT molecular complexity index is 639. The molecule has 0 spiro atoms. The Balaban J connectivity index is 1.99. The maximum atomic E-state index is 12.2. The van der Waals surface area contributed by atoms with Crippen molar-refractivity contribution in [1.29, 1.82) is 0 Å². The summed E-state index contributed by atoms with van der Waals surface area (Å²) >= 11 is 1.21. The summed E-state index contributed by atoms with van der Waals surface area (Å²) in [5.41, 5.74) is 13.2. The van der Waals surface area contributed by atoms with Gasteiger partial charge in [0.15, 0.2) is 5.16 Å². The maximum Gasteiger partial charge on any atom is 0.237 e. The minimum atomic E-state index is -0.368. The number of carbonyl (C=O) groups excluding carboxylic acids is 1. The van der Waals surface area contributed by atoms with E-state index in [1.807, 2.05) is 24.3 Å². The highest BCUT2D eigenvalue weighted by molar-refractivity contribution is 8.00. The largest absolute Gasteiger partial charge is 0.383 e. The summed E-state index contributed by atoms with van der Waals surface area (Å²) in [6.45, 7) is 3.87. The normalized spacial score (nSPS) is 11.9. The van der Waals surface area contributed by atoms with Crippen LogP contribution in [0.1, 0.15) is 19.4 Å². The van der Waals surface area contributed by atoms with Gasteiger partial charge in [0.25, 0.3) is 0 Å². The van der Waals surface area contributed by atoms with Crippen LogP contribution in [-0.2, 0) is 11.2 Å². The number of benzene rings is 1. The average molecular weight is 317 g/mol. The molecule has 1 aromatic heterocycles. The van der Waals surface area contributed by atoms with Gasteiger partial charge in [-0.05, 0) is 31.0 Å². The van der Waals surface area contributed by atoms with Crippen LogP contribution in [0.3, 0.4) is 0 Å². The van der Waals surface area contributed by atoms with E-state index >= 15 is 0 Å². The average Bonchev–Trinajstić information content (AvgIpc) is 2.46. The number of nitrogens with zero attached hydrogens (tertiary/aromatic N) is 2. The van der Waals surface area contributed by atoms with Crippen molar-refractivity contribution in [2.45, 2.75) is 30.7 Å². The number of aryl methyl sites for hydroxylation is 1. The van der Waals surface area contributed by atoms with Gasteiger partial charge in [-0.1, -0.05) is 30.8 Å². The molecule has 0 unspecified atom stereocenters. The zero-order valence-electron chi connectivity index (χ0n) is 12.5. The number of hydrogen-bond acceptors (Lipinski definition) is 6. The lowest BCUT2D eigenvalue weighted by molar-refractivity contribution is -0.115. The van der Waals surface area contributed by atoms with Gasteiger partial charge in [0, 0.05) is 11.8 Å². The van der Waals surface area contributed by atoms with E-state index in [1.54, 1.807) is 6.92 Å². The maximum absolute atomic E-state index is 12.2. The molecule has 5 N–H and O–H groups in total. The molecule has 116 valence electrons. The quantitative estimate of drug-likeness (QED) is 0.577. The third kappa shape index (κ3) is 4.36. The molecule has 0 radical (unpaired) electrons. The number of nitrogens with two attached hydrogens (primary N) is 2. The molecule has 1 amide bonds. The molecular formula is C15H19N5OS. The van der Waals surface area contributed by atoms with E-state index in [4.69, 9.17) is 11.5 Å². The first kappa shape index (κ1) is 16.1. The monoisotopic (exact) mass is 317 g/mol. The first-order valence-corrected chi connectivity index (χ1v) is 7.82. The van der Waals surface area contributed by atoms with Crippen molar-refractivity contribution >= 4 is 35.0 Å². The van der Waals surface area contributed by atoms with Crippen LogP contribution in [0, 0.1) is 0 Å². The highest BCUT2D eigenvalue weighted by Gasteiger charge is 2.16. The summed E-state index contributed by atoms with van der Waals surface area (Å²) in [6.07, 6.45) is 0.967. The lowest BCUT2D eigenvalue weighted by atomic mass is 10.1. The van der Waals surface area contributed by atoms with Gasteiger partial charge in [-0.25, -0.2) is 9.97 Å². The Morgan fingerprint density at radius 1 is 1.23 bits per heavy atom. The van der Waals surface area contributed by atoms with Crippen LogP contribution >= 0.6 is 11.8 Å². The number of amides is 1. The lowest BCUT2D eigenvalue weighted by Gasteiger charge is -2.12. The molecule has 2 aromatic rings. The standard InChI is InChI=1S/C15H19N5OS/c1-3-10-4-6-11(7-5-10)18-14(21)9(2)22-15-19-12(16)8-13(17)20-15/h4-9H,3H2,1-2H3,(H,18,21)(H4,16,17,19,20)/t9-/m0/s1. The first-order valence-electron chi connectivity index (χ1n) is 6.94. The van der Waals surface area contributed by atoms with E-state index < -0.39 is 0 Å². The van der Waals surface area contributed by atoms with E-state index in [1.165, 1.54) is 23.4 Å². The second-order valence-corrected chi connectivity index (χ2v) is 6.11. The van der Waals surface area contributed by atoms with Gasteiger partial charge in [-0.3, -0.25) is 4.79 Å². The Kier molecular flexibility index (Phi) is 5.21. The number of nitrogens with one attached hydrogen (secondary N) is 1. The zero-order chi connectivity index (χ0) is 16.1. The molecular weight excluding hydrogens is 298 g/mol. The number of hydrogen-bond donors (Lipinski definition) is 3. The summed E-state index contributed by atoms with van der Waals surface area (Å²) in [6, 6.07) is 9.25. The summed E-state index contributed by atoms with van der Waals surface area (Å²) in [7, 11) is 0. The molecule has 0 fully saturated rings. The molecule has 1 aromatic carbocycles. The van der Waals surface area contributed by atoms with Crippen LogP contribution in [-0.4, -0.2) is 21.1 Å². The third-order valence-electron chi connectivity index (χ3n) is 3.03. The van der Waals surface area contributed by atoms with Crippen LogP contribution in [0.15, 0.2) is 35.5 Å². The number of aromatic nitrogens is 2. The molecule has 1 atom stereocenters. The van der Waals surface area contributed by atoms with Gasteiger partial charge in [0.05, 0.1) is 5.25 Å². The second-order valence-electron chi connectivity index (χ2n) is 4.80. The fourth-order valence-corrected chi connectivity index (χ4v) is 2.59. The van der Waals surface area contributed by atoms with Crippen LogP contribution in [0.25, 0.3) is 0 Å². The molecule has 0 bridgehead atoms. The highest BCUT2D eigenvalue weighted by Crippen LogP contribution is 2.22. The lowest BCUT2D eigenvalue weighted by Crippen LogP contribution is -2.22. The van der Waals surface area contributed by atoms with Crippen molar-refractivity contribution in [1.82, 2.24) is 9.97 Å². The third-order valence-corrected chi connectivity index (χ3v) is 3.99. The predicted molar refractivity (Wildman–Crippen MR) is 90.6 cm³/mol. The molecule has 1 heterocycles. The van der Waals surface area contributed by atoms with Crippen molar-refractivity contribution in [2.24, 2.45) is 0 Å². The van der Waals surface area contributed by atoms with Gasteiger partial charge in [-0.2, -0.15) is 0 Å². The van der Waals surface area contributed by atoms with Gasteiger partial charge >= 0.3 is 0 Å². The van der Waals surface area contributed by atoms with Crippen molar-refractivity contribution in [3.8, 4) is 0 Å². The van der Waals surface area contributed by atoms with E-state index in [2.05, 4.69) is 22.2 Å². The van der Waals surface area contributed by atoms with Gasteiger partial charge in [0.1, 0.15) is 11.6 Å². The molecule has 0 aliphatic carbocycles. The molecule has 2 rings (SSSR count). The Morgan fingerprint density at radius 2 is 1.82 bits per heavy atom. The minimum Gasteiger partial charge on any atom is -0.383 e. The Labute approximate surface area is 133 Å². The Hall–Kier alpha value is -2.28.